The van der Waals surface area contributed by atoms with Gasteiger partial charge in [-0.05, 0) is 50.5 Å². The minimum Gasteiger partial charge on any atom is -0.369 e. The Labute approximate surface area is 172 Å². The number of carbonyl (C=O) groups excluding carboxylic acids is 1. The van der Waals surface area contributed by atoms with E-state index in [4.69, 9.17) is 5.73 Å². The van der Waals surface area contributed by atoms with Crippen LogP contribution in [0.15, 0.2) is 36.5 Å². The summed E-state index contributed by atoms with van der Waals surface area (Å²) in [6.07, 6.45) is 5.12. The molecule has 0 spiro atoms. The molecule has 1 amide bonds. The van der Waals surface area contributed by atoms with Gasteiger partial charge in [0.2, 0.25) is 11.9 Å². The minimum absolute atomic E-state index is 0.0954. The average Bonchev–Trinajstić information content (AvgIpc) is 3.17. The molecule has 1 aliphatic carbocycles. The van der Waals surface area contributed by atoms with Gasteiger partial charge in [0.05, 0.1) is 17.4 Å². The van der Waals surface area contributed by atoms with Crippen LogP contribution in [0.1, 0.15) is 31.4 Å². The molecule has 3 N–H and O–H groups in total. The summed E-state index contributed by atoms with van der Waals surface area (Å²) in [4.78, 5) is 25.1. The lowest BCUT2D eigenvalue weighted by Crippen LogP contribution is -2.34. The number of aryl methyl sites for hydroxylation is 1. The van der Waals surface area contributed by atoms with Gasteiger partial charge in [0.1, 0.15) is 0 Å². The molecule has 3 aromatic heterocycles. The zero-order valence-electron chi connectivity index (χ0n) is 16.6. The predicted octanol–water partition coefficient (Wildman–Crippen LogP) is 2.52. The van der Waals surface area contributed by atoms with Gasteiger partial charge in [-0.15, -0.1) is 5.10 Å². The van der Waals surface area contributed by atoms with Crippen LogP contribution in [0.25, 0.3) is 27.8 Å². The zero-order valence-corrected chi connectivity index (χ0v) is 16.6. The fraction of sp³-hybridized carbons (Fsp3) is 0.333. The van der Waals surface area contributed by atoms with E-state index < -0.39 is 0 Å². The monoisotopic (exact) mass is 402 g/mol. The van der Waals surface area contributed by atoms with Crippen molar-refractivity contribution in [1.29, 1.82) is 0 Å². The van der Waals surface area contributed by atoms with E-state index in [9.17, 15) is 4.79 Å². The molecular weight excluding hydrogens is 380 g/mol. The maximum atomic E-state index is 11.5. The number of nitrogens with one attached hydrogen (secondary N) is 1. The van der Waals surface area contributed by atoms with E-state index in [0.29, 0.717) is 23.5 Å². The molecule has 2 atom stereocenters. The first-order valence-corrected chi connectivity index (χ1v) is 10.1. The number of hydrogen-bond acceptors (Lipinski definition) is 7. The highest BCUT2D eigenvalue weighted by Crippen LogP contribution is 2.26. The SMILES string of the molecule is Cc1ccc2cc(-n3nnc4cnc(N[C@H]5CCC[C@H](C(N)=O)C5)nc43)ccc2n1. The molecule has 1 aliphatic rings. The number of hydrogen-bond donors (Lipinski definition) is 2. The third-order valence-electron chi connectivity index (χ3n) is 5.66. The molecule has 5 rings (SSSR count). The van der Waals surface area contributed by atoms with Crippen molar-refractivity contribution < 1.29 is 4.79 Å². The number of amides is 1. The summed E-state index contributed by atoms with van der Waals surface area (Å²) >= 11 is 0. The third-order valence-corrected chi connectivity index (χ3v) is 5.66. The van der Waals surface area contributed by atoms with E-state index in [1.165, 1.54) is 0 Å². The van der Waals surface area contributed by atoms with E-state index in [1.807, 2.05) is 37.3 Å². The fourth-order valence-corrected chi connectivity index (χ4v) is 4.08. The Morgan fingerprint density at radius 1 is 1.17 bits per heavy atom. The summed E-state index contributed by atoms with van der Waals surface area (Å²) in [5.41, 5.74) is 9.49. The van der Waals surface area contributed by atoms with Crippen molar-refractivity contribution in [2.24, 2.45) is 11.7 Å². The summed E-state index contributed by atoms with van der Waals surface area (Å²) in [5, 5.41) is 12.8. The second-order valence-corrected chi connectivity index (χ2v) is 7.84. The molecule has 1 aromatic carbocycles. The van der Waals surface area contributed by atoms with Gasteiger partial charge in [-0.25, -0.2) is 4.98 Å². The van der Waals surface area contributed by atoms with Crippen LogP contribution in [0.2, 0.25) is 0 Å². The van der Waals surface area contributed by atoms with Crippen LogP contribution in [0, 0.1) is 12.8 Å². The Morgan fingerprint density at radius 2 is 2.07 bits per heavy atom. The first-order chi connectivity index (χ1) is 14.6. The predicted molar refractivity (Wildman–Crippen MR) is 113 cm³/mol. The third kappa shape index (κ3) is 3.42. The molecule has 0 aliphatic heterocycles. The van der Waals surface area contributed by atoms with Gasteiger partial charge in [0, 0.05) is 23.0 Å². The van der Waals surface area contributed by atoms with Gasteiger partial charge in [0.25, 0.3) is 0 Å². The summed E-state index contributed by atoms with van der Waals surface area (Å²) < 4.78 is 1.70. The number of fused-ring (bicyclic) bond motifs is 2. The highest BCUT2D eigenvalue weighted by Gasteiger charge is 2.26. The molecule has 1 fully saturated rings. The van der Waals surface area contributed by atoms with Gasteiger partial charge in [-0.2, -0.15) is 9.67 Å². The second-order valence-electron chi connectivity index (χ2n) is 7.84. The number of nitrogens with zero attached hydrogens (tertiary/aromatic N) is 6. The van der Waals surface area contributed by atoms with Gasteiger partial charge in [-0.1, -0.05) is 17.7 Å². The molecule has 30 heavy (non-hydrogen) atoms. The minimum atomic E-state index is -0.235. The van der Waals surface area contributed by atoms with Crippen LogP contribution in [0.4, 0.5) is 5.95 Å². The summed E-state index contributed by atoms with van der Waals surface area (Å²) in [7, 11) is 0. The van der Waals surface area contributed by atoms with Crippen molar-refractivity contribution >= 4 is 33.9 Å². The Kier molecular flexibility index (Phi) is 4.50. The van der Waals surface area contributed by atoms with Crippen molar-refractivity contribution in [3.05, 3.63) is 42.2 Å². The molecule has 0 unspecified atom stereocenters. The smallest absolute Gasteiger partial charge is 0.225 e. The Morgan fingerprint density at radius 3 is 2.93 bits per heavy atom. The topological polar surface area (TPSA) is 124 Å². The molecule has 0 radical (unpaired) electrons. The van der Waals surface area contributed by atoms with Crippen LogP contribution >= 0.6 is 0 Å². The first-order valence-electron chi connectivity index (χ1n) is 10.1. The summed E-state index contributed by atoms with van der Waals surface area (Å²) in [6.45, 7) is 1.97. The Hall–Kier alpha value is -3.62. The molecular formula is C21H22N8O. The van der Waals surface area contributed by atoms with E-state index in [1.54, 1.807) is 10.9 Å². The lowest BCUT2D eigenvalue weighted by Gasteiger charge is -2.27. The van der Waals surface area contributed by atoms with Crippen molar-refractivity contribution in [2.75, 3.05) is 5.32 Å². The number of primary amides is 1. The van der Waals surface area contributed by atoms with Crippen molar-refractivity contribution in [3.63, 3.8) is 0 Å². The van der Waals surface area contributed by atoms with Gasteiger partial charge >= 0.3 is 0 Å². The molecule has 9 heteroatoms. The van der Waals surface area contributed by atoms with E-state index in [2.05, 4.69) is 30.6 Å². The number of rotatable bonds is 4. The molecule has 3 heterocycles. The van der Waals surface area contributed by atoms with Crippen LogP contribution < -0.4 is 11.1 Å². The highest BCUT2D eigenvalue weighted by atomic mass is 16.1. The van der Waals surface area contributed by atoms with E-state index >= 15 is 0 Å². The maximum Gasteiger partial charge on any atom is 0.225 e. The lowest BCUT2D eigenvalue weighted by atomic mass is 9.85. The number of nitrogens with two attached hydrogens (primary N) is 1. The lowest BCUT2D eigenvalue weighted by molar-refractivity contribution is -0.122. The van der Waals surface area contributed by atoms with E-state index in [0.717, 1.165) is 41.5 Å². The van der Waals surface area contributed by atoms with Gasteiger partial charge in [-0.3, -0.25) is 9.78 Å². The highest BCUT2D eigenvalue weighted by molar-refractivity contribution is 5.82. The number of anilines is 1. The molecule has 152 valence electrons. The number of aromatic nitrogens is 6. The fourth-order valence-electron chi connectivity index (χ4n) is 4.08. The Balaban J connectivity index is 1.46. The first kappa shape index (κ1) is 18.4. The van der Waals surface area contributed by atoms with Crippen molar-refractivity contribution in [1.82, 2.24) is 29.9 Å². The van der Waals surface area contributed by atoms with Crippen LogP contribution in [-0.4, -0.2) is 41.9 Å². The van der Waals surface area contributed by atoms with Crippen molar-refractivity contribution in [3.8, 4) is 5.69 Å². The number of pyridine rings is 1. The van der Waals surface area contributed by atoms with Crippen molar-refractivity contribution in [2.45, 2.75) is 38.6 Å². The quantitative estimate of drug-likeness (QED) is 0.537. The normalized spacial score (nSPS) is 19.2. The molecule has 4 aromatic rings. The largest absolute Gasteiger partial charge is 0.369 e. The second kappa shape index (κ2) is 7.33. The van der Waals surface area contributed by atoms with Crippen LogP contribution in [-0.2, 0) is 4.79 Å². The van der Waals surface area contributed by atoms with Gasteiger partial charge in [0.15, 0.2) is 11.2 Å². The number of carbonyl (C=O) groups is 1. The molecule has 1 saturated carbocycles. The Bertz CT molecular complexity index is 1250. The van der Waals surface area contributed by atoms with E-state index in [-0.39, 0.29) is 17.9 Å². The summed E-state index contributed by atoms with van der Waals surface area (Å²) in [5.74, 6) is 0.169. The van der Waals surface area contributed by atoms with Crippen LogP contribution in [0.3, 0.4) is 0 Å². The maximum absolute atomic E-state index is 11.5. The average molecular weight is 402 g/mol. The molecule has 0 saturated heterocycles. The molecule has 9 nitrogen and oxygen atoms in total. The standard InChI is InChI=1S/C21H22N8O/c1-12-5-6-13-10-16(7-8-17(13)24-12)29-20-18(27-28-29)11-23-21(26-20)25-15-4-2-3-14(9-15)19(22)30/h5-8,10-11,14-15H,2-4,9H2,1H3,(H2,22,30)(H,23,25,26)/t14-,15-/m0/s1. The molecule has 0 bridgehead atoms. The number of benzene rings is 1. The zero-order chi connectivity index (χ0) is 20.7. The van der Waals surface area contributed by atoms with Gasteiger partial charge < -0.3 is 11.1 Å². The van der Waals surface area contributed by atoms with Crippen LogP contribution in [0.5, 0.6) is 0 Å². The summed E-state index contributed by atoms with van der Waals surface area (Å²) in [6, 6.07) is 10.1.